The molecule has 0 rings (SSSR count). The summed E-state index contributed by atoms with van der Waals surface area (Å²) >= 11 is 0. The lowest BCUT2D eigenvalue weighted by atomic mass is 9.85. The van der Waals surface area contributed by atoms with Crippen LogP contribution in [0.15, 0.2) is 0 Å². The maximum absolute atomic E-state index is 2.43. The highest BCUT2D eigenvalue weighted by molar-refractivity contribution is 4.64. The second kappa shape index (κ2) is 8.19. The smallest absolute Gasteiger partial charge is 0.0394 e. The molecule has 0 saturated carbocycles. The Labute approximate surface area is 97.8 Å². The van der Waals surface area contributed by atoms with Crippen LogP contribution in [-0.4, -0.2) is 0 Å². The van der Waals surface area contributed by atoms with E-state index < -0.39 is 0 Å². The highest BCUT2D eigenvalue weighted by Crippen LogP contribution is 2.25. The monoisotopic (exact) mass is 212 g/mol. The van der Waals surface area contributed by atoms with Gasteiger partial charge in [0.1, 0.15) is 0 Å². The third-order valence-electron chi connectivity index (χ3n) is 3.73. The van der Waals surface area contributed by atoms with Gasteiger partial charge in [0.05, 0.1) is 0 Å². The molecule has 15 heavy (non-hydrogen) atoms. The van der Waals surface area contributed by atoms with Gasteiger partial charge in [-0.05, 0) is 30.1 Å². The van der Waals surface area contributed by atoms with E-state index in [-0.39, 0.29) is 0 Å². The first kappa shape index (κ1) is 15.0. The predicted molar refractivity (Wildman–Crippen MR) is 71.1 cm³/mol. The highest BCUT2D eigenvalue weighted by atomic mass is 14.2. The maximum atomic E-state index is 2.43. The Hall–Kier alpha value is 0. The van der Waals surface area contributed by atoms with Crippen molar-refractivity contribution < 1.29 is 0 Å². The molecule has 0 fully saturated rings. The molecule has 0 aliphatic heterocycles. The summed E-state index contributed by atoms with van der Waals surface area (Å²) in [5.74, 6) is 3.62. The minimum absolute atomic E-state index is 0.868. The Morgan fingerprint density at radius 2 is 1.27 bits per heavy atom. The summed E-state index contributed by atoms with van der Waals surface area (Å²) in [6, 6.07) is 0. The minimum Gasteiger partial charge on any atom is -0.0651 e. The summed E-state index contributed by atoms with van der Waals surface area (Å²) < 4.78 is 0. The molecule has 0 heterocycles. The van der Waals surface area contributed by atoms with Crippen LogP contribution in [0.25, 0.3) is 0 Å². The standard InChI is InChI=1S/C15H32/c1-7-15(13(4)5)11-10-14(6)9-8-12(2)3/h12-15H,7-11H2,1-6H3. The van der Waals surface area contributed by atoms with Crippen molar-refractivity contribution in [3.63, 3.8) is 0 Å². The lowest BCUT2D eigenvalue weighted by Gasteiger charge is -2.21. The first-order valence-corrected chi connectivity index (χ1v) is 6.97. The number of hydrogen-bond donors (Lipinski definition) is 0. The molecule has 0 N–H and O–H groups in total. The number of rotatable bonds is 8. The quantitative estimate of drug-likeness (QED) is 0.497. The van der Waals surface area contributed by atoms with Crippen LogP contribution in [0.3, 0.4) is 0 Å². The second-order valence-electron chi connectivity index (χ2n) is 6.07. The summed E-state index contributed by atoms with van der Waals surface area (Å²) in [4.78, 5) is 0. The molecule has 0 radical (unpaired) electrons. The van der Waals surface area contributed by atoms with Gasteiger partial charge in [0.15, 0.2) is 0 Å². The highest BCUT2D eigenvalue weighted by Gasteiger charge is 2.12. The van der Waals surface area contributed by atoms with Gasteiger partial charge >= 0.3 is 0 Å². The van der Waals surface area contributed by atoms with Crippen LogP contribution in [0.1, 0.15) is 73.6 Å². The average molecular weight is 212 g/mol. The van der Waals surface area contributed by atoms with Gasteiger partial charge in [-0.25, -0.2) is 0 Å². The first-order chi connectivity index (χ1) is 6.97. The lowest BCUT2D eigenvalue weighted by Crippen LogP contribution is -2.09. The van der Waals surface area contributed by atoms with Crippen molar-refractivity contribution >= 4 is 0 Å². The Morgan fingerprint density at radius 1 is 0.733 bits per heavy atom. The molecule has 2 unspecified atom stereocenters. The topological polar surface area (TPSA) is 0 Å². The van der Waals surface area contributed by atoms with Crippen molar-refractivity contribution in [2.75, 3.05) is 0 Å². The van der Waals surface area contributed by atoms with Gasteiger partial charge in [-0.3, -0.25) is 0 Å². The largest absolute Gasteiger partial charge is 0.0651 e. The SMILES string of the molecule is CCC(CCC(C)CCC(C)C)C(C)C. The molecule has 0 spiro atoms. The molecular formula is C15H32. The molecule has 0 aliphatic carbocycles. The molecule has 0 saturated heterocycles. The lowest BCUT2D eigenvalue weighted by molar-refractivity contribution is 0.306. The molecule has 2 atom stereocenters. The van der Waals surface area contributed by atoms with Crippen LogP contribution in [0.5, 0.6) is 0 Å². The van der Waals surface area contributed by atoms with Gasteiger partial charge in [-0.2, -0.15) is 0 Å². The zero-order valence-corrected chi connectivity index (χ0v) is 11.8. The molecule has 0 aromatic rings. The second-order valence-corrected chi connectivity index (χ2v) is 6.07. The van der Waals surface area contributed by atoms with Crippen molar-refractivity contribution in [2.24, 2.45) is 23.7 Å². The van der Waals surface area contributed by atoms with Gasteiger partial charge in [0.25, 0.3) is 0 Å². The zero-order chi connectivity index (χ0) is 11.8. The van der Waals surface area contributed by atoms with Gasteiger partial charge < -0.3 is 0 Å². The summed E-state index contributed by atoms with van der Waals surface area (Å²) in [5, 5.41) is 0. The van der Waals surface area contributed by atoms with E-state index in [1.807, 2.05) is 0 Å². The van der Waals surface area contributed by atoms with E-state index in [1.165, 1.54) is 32.1 Å². The van der Waals surface area contributed by atoms with Crippen molar-refractivity contribution in [3.8, 4) is 0 Å². The number of hydrogen-bond acceptors (Lipinski definition) is 0. The Bertz CT molecular complexity index is 135. The van der Waals surface area contributed by atoms with Crippen LogP contribution in [0.2, 0.25) is 0 Å². The van der Waals surface area contributed by atoms with Crippen molar-refractivity contribution in [1.82, 2.24) is 0 Å². The van der Waals surface area contributed by atoms with E-state index in [1.54, 1.807) is 0 Å². The molecule has 0 amide bonds. The maximum Gasteiger partial charge on any atom is -0.0394 e. The van der Waals surface area contributed by atoms with Crippen molar-refractivity contribution in [1.29, 1.82) is 0 Å². The minimum atomic E-state index is 0.868. The van der Waals surface area contributed by atoms with E-state index in [9.17, 15) is 0 Å². The molecule has 0 aromatic carbocycles. The molecular weight excluding hydrogens is 180 g/mol. The fourth-order valence-electron chi connectivity index (χ4n) is 2.27. The third-order valence-corrected chi connectivity index (χ3v) is 3.73. The van der Waals surface area contributed by atoms with Gasteiger partial charge in [0, 0.05) is 0 Å². The molecule has 0 nitrogen and oxygen atoms in total. The Balaban J connectivity index is 3.63. The zero-order valence-electron chi connectivity index (χ0n) is 11.8. The molecule has 0 bridgehead atoms. The Kier molecular flexibility index (Phi) is 8.19. The Morgan fingerprint density at radius 3 is 1.67 bits per heavy atom. The van der Waals surface area contributed by atoms with Crippen molar-refractivity contribution in [2.45, 2.75) is 73.6 Å². The van der Waals surface area contributed by atoms with Crippen molar-refractivity contribution in [3.05, 3.63) is 0 Å². The summed E-state index contributed by atoms with van der Waals surface area (Å²) in [6.07, 6.45) is 7.05. The van der Waals surface area contributed by atoms with Crippen LogP contribution in [0.4, 0.5) is 0 Å². The van der Waals surface area contributed by atoms with Crippen LogP contribution in [0, 0.1) is 23.7 Å². The molecule has 0 heteroatoms. The van der Waals surface area contributed by atoms with E-state index in [0.717, 1.165) is 23.7 Å². The van der Waals surface area contributed by atoms with Crippen LogP contribution < -0.4 is 0 Å². The molecule has 0 aromatic heterocycles. The summed E-state index contributed by atoms with van der Waals surface area (Å²) in [5.41, 5.74) is 0. The molecule has 0 aliphatic rings. The van der Waals surface area contributed by atoms with E-state index >= 15 is 0 Å². The van der Waals surface area contributed by atoms with E-state index in [0.29, 0.717) is 0 Å². The van der Waals surface area contributed by atoms with E-state index in [4.69, 9.17) is 0 Å². The van der Waals surface area contributed by atoms with Crippen LogP contribution >= 0.6 is 0 Å². The fourth-order valence-corrected chi connectivity index (χ4v) is 2.27. The van der Waals surface area contributed by atoms with Crippen LogP contribution in [-0.2, 0) is 0 Å². The molecule has 92 valence electrons. The van der Waals surface area contributed by atoms with E-state index in [2.05, 4.69) is 41.5 Å². The fraction of sp³-hybridized carbons (Fsp3) is 1.00. The third kappa shape index (κ3) is 7.88. The van der Waals surface area contributed by atoms with Gasteiger partial charge in [-0.15, -0.1) is 0 Å². The van der Waals surface area contributed by atoms with Gasteiger partial charge in [-0.1, -0.05) is 67.2 Å². The average Bonchev–Trinajstić information content (AvgIpc) is 2.15. The summed E-state index contributed by atoms with van der Waals surface area (Å²) in [7, 11) is 0. The predicted octanol–water partition coefficient (Wildman–Crippen LogP) is 5.52. The first-order valence-electron chi connectivity index (χ1n) is 6.97. The summed E-state index contributed by atoms with van der Waals surface area (Å²) in [6.45, 7) is 14.2. The normalized spacial score (nSPS) is 16.0. The van der Waals surface area contributed by atoms with Gasteiger partial charge in [0.2, 0.25) is 0 Å².